The second-order valence-corrected chi connectivity index (χ2v) is 6.13. The molecule has 0 saturated carbocycles. The van der Waals surface area contributed by atoms with Crippen molar-refractivity contribution in [1.82, 2.24) is 10.3 Å². The monoisotopic (exact) mass is 373 g/mol. The number of ketones is 1. The third-order valence-electron chi connectivity index (χ3n) is 4.19. The molecule has 1 aromatic heterocycles. The van der Waals surface area contributed by atoms with Gasteiger partial charge >= 0.3 is 6.03 Å². The Morgan fingerprint density at radius 3 is 2.36 bits per heavy atom. The highest BCUT2D eigenvalue weighted by Crippen LogP contribution is 2.23. The first-order chi connectivity index (χ1) is 13.6. The van der Waals surface area contributed by atoms with Crippen LogP contribution in [0.4, 0.5) is 4.79 Å². The zero-order valence-corrected chi connectivity index (χ0v) is 14.7. The molecule has 28 heavy (non-hydrogen) atoms. The number of nitrogens with zero attached hydrogens (tertiary/aromatic N) is 2. The van der Waals surface area contributed by atoms with Crippen molar-refractivity contribution < 1.29 is 18.8 Å². The number of furan rings is 1. The van der Waals surface area contributed by atoms with Gasteiger partial charge in [0.2, 0.25) is 5.91 Å². The molecular formula is C21H15N3O4. The molecule has 7 nitrogen and oxygen atoms in total. The number of hydrogen-bond acceptors (Lipinski definition) is 5. The minimum Gasteiger partial charge on any atom is -0.455 e. The molecular weight excluding hydrogens is 358 g/mol. The van der Waals surface area contributed by atoms with E-state index in [0.717, 1.165) is 10.6 Å². The molecule has 0 unspecified atom stereocenters. The van der Waals surface area contributed by atoms with Crippen LogP contribution in [0.25, 0.3) is 11.3 Å². The van der Waals surface area contributed by atoms with Crippen molar-refractivity contribution in [3.8, 4) is 11.3 Å². The van der Waals surface area contributed by atoms with E-state index in [1.807, 2.05) is 30.3 Å². The van der Waals surface area contributed by atoms with E-state index in [-0.39, 0.29) is 12.3 Å². The number of hydrazone groups is 1. The molecule has 7 heteroatoms. The summed E-state index contributed by atoms with van der Waals surface area (Å²) in [5.74, 6) is 0.596. The van der Waals surface area contributed by atoms with Crippen LogP contribution in [0.5, 0.6) is 0 Å². The molecule has 3 aromatic rings. The molecule has 0 aliphatic carbocycles. The lowest BCUT2D eigenvalue weighted by atomic mass is 10.0. The number of rotatable bonds is 5. The summed E-state index contributed by atoms with van der Waals surface area (Å²) in [6.45, 7) is -0.111. The van der Waals surface area contributed by atoms with Crippen LogP contribution in [0.15, 0.2) is 76.2 Å². The number of hydrogen-bond donors (Lipinski definition) is 1. The number of urea groups is 1. The summed E-state index contributed by atoms with van der Waals surface area (Å²) in [5, 5.41) is 7.10. The quantitative estimate of drug-likeness (QED) is 0.423. The van der Waals surface area contributed by atoms with Gasteiger partial charge in [-0.15, -0.1) is 0 Å². The molecule has 0 spiro atoms. The minimum absolute atomic E-state index is 0.0437. The van der Waals surface area contributed by atoms with Gasteiger partial charge in [-0.3, -0.25) is 14.9 Å². The predicted molar refractivity (Wildman–Crippen MR) is 102 cm³/mol. The average Bonchev–Trinajstić information content (AvgIpc) is 3.32. The normalized spacial score (nSPS) is 13.9. The fourth-order valence-electron chi connectivity index (χ4n) is 2.77. The Labute approximate surface area is 160 Å². The molecule has 0 bridgehead atoms. The first-order valence-corrected chi connectivity index (χ1v) is 8.55. The van der Waals surface area contributed by atoms with Gasteiger partial charge < -0.3 is 4.42 Å². The van der Waals surface area contributed by atoms with Crippen molar-refractivity contribution in [2.75, 3.05) is 6.54 Å². The lowest BCUT2D eigenvalue weighted by molar-refractivity contribution is -0.118. The topological polar surface area (TPSA) is 92.0 Å². The highest BCUT2D eigenvalue weighted by Gasteiger charge is 2.26. The highest BCUT2D eigenvalue weighted by atomic mass is 16.3. The lowest BCUT2D eigenvalue weighted by Crippen LogP contribution is -2.24. The van der Waals surface area contributed by atoms with E-state index in [1.165, 1.54) is 6.21 Å². The molecule has 3 amide bonds. The van der Waals surface area contributed by atoms with Gasteiger partial charge in [-0.2, -0.15) is 5.10 Å². The van der Waals surface area contributed by atoms with Crippen LogP contribution < -0.4 is 5.32 Å². The van der Waals surface area contributed by atoms with E-state index < -0.39 is 11.9 Å². The molecule has 1 N–H and O–H groups in total. The maximum absolute atomic E-state index is 12.5. The van der Waals surface area contributed by atoms with Gasteiger partial charge in [0.05, 0.1) is 6.21 Å². The maximum atomic E-state index is 12.5. The molecule has 2 aromatic carbocycles. The Kier molecular flexibility index (Phi) is 4.55. The molecule has 2 heterocycles. The molecule has 1 aliphatic heterocycles. The number of amides is 3. The van der Waals surface area contributed by atoms with Crippen LogP contribution in [0.2, 0.25) is 0 Å². The van der Waals surface area contributed by atoms with Crippen LogP contribution in [-0.2, 0) is 4.79 Å². The fraction of sp³-hybridized carbons (Fsp3) is 0.0476. The second kappa shape index (κ2) is 7.32. The van der Waals surface area contributed by atoms with Crippen molar-refractivity contribution in [2.24, 2.45) is 5.10 Å². The maximum Gasteiger partial charge on any atom is 0.344 e. The van der Waals surface area contributed by atoms with E-state index >= 15 is 0 Å². The van der Waals surface area contributed by atoms with Crippen LogP contribution >= 0.6 is 0 Å². The van der Waals surface area contributed by atoms with E-state index in [9.17, 15) is 14.4 Å². The van der Waals surface area contributed by atoms with Gasteiger partial charge in [0.1, 0.15) is 18.1 Å². The molecule has 1 fully saturated rings. The Bertz CT molecular complexity index is 1070. The van der Waals surface area contributed by atoms with E-state index in [4.69, 9.17) is 4.42 Å². The minimum atomic E-state index is -0.563. The zero-order valence-electron chi connectivity index (χ0n) is 14.7. The summed E-state index contributed by atoms with van der Waals surface area (Å²) < 4.78 is 5.70. The Hall–Kier alpha value is -4.00. The van der Waals surface area contributed by atoms with E-state index in [1.54, 1.807) is 36.4 Å². The summed E-state index contributed by atoms with van der Waals surface area (Å²) in [6, 6.07) is 19.1. The highest BCUT2D eigenvalue weighted by molar-refractivity contribution is 6.09. The number of imide groups is 1. The summed E-state index contributed by atoms with van der Waals surface area (Å²) in [6.07, 6.45) is 1.37. The first-order valence-electron chi connectivity index (χ1n) is 8.55. The largest absolute Gasteiger partial charge is 0.455 e. The number of carbonyl (C=O) groups is 3. The summed E-state index contributed by atoms with van der Waals surface area (Å²) in [7, 11) is 0. The Balaban J connectivity index is 1.47. The molecule has 0 atom stereocenters. The smallest absolute Gasteiger partial charge is 0.344 e. The Morgan fingerprint density at radius 1 is 0.964 bits per heavy atom. The van der Waals surface area contributed by atoms with E-state index in [2.05, 4.69) is 10.4 Å². The molecule has 1 aliphatic rings. The summed E-state index contributed by atoms with van der Waals surface area (Å²) in [5.41, 5.74) is 2.03. The zero-order chi connectivity index (χ0) is 19.5. The summed E-state index contributed by atoms with van der Waals surface area (Å²) >= 11 is 0. The van der Waals surface area contributed by atoms with Crippen molar-refractivity contribution in [1.29, 1.82) is 0 Å². The lowest BCUT2D eigenvalue weighted by Gasteiger charge is -2.03. The van der Waals surface area contributed by atoms with Gasteiger partial charge in [0.25, 0.3) is 0 Å². The van der Waals surface area contributed by atoms with Gasteiger partial charge in [0, 0.05) is 16.7 Å². The molecule has 1 saturated heterocycles. The standard InChI is InChI=1S/C21H15N3O4/c25-19-13-24(21(27)23-19)22-12-17-10-11-18(28-17)14-6-8-16(9-7-14)20(26)15-4-2-1-3-5-15/h1-12H,13H2,(H,23,25,27)/b22-12+. The second-order valence-electron chi connectivity index (χ2n) is 6.13. The van der Waals surface area contributed by atoms with Crippen LogP contribution in [0.1, 0.15) is 21.7 Å². The first kappa shape index (κ1) is 17.4. The van der Waals surface area contributed by atoms with Crippen molar-refractivity contribution in [3.63, 3.8) is 0 Å². The van der Waals surface area contributed by atoms with Crippen molar-refractivity contribution >= 4 is 23.9 Å². The molecule has 0 radical (unpaired) electrons. The van der Waals surface area contributed by atoms with E-state index in [0.29, 0.717) is 22.6 Å². The third kappa shape index (κ3) is 3.59. The number of nitrogens with one attached hydrogen (secondary N) is 1. The third-order valence-corrected chi connectivity index (χ3v) is 4.19. The molecule has 138 valence electrons. The van der Waals surface area contributed by atoms with Gasteiger partial charge in [-0.25, -0.2) is 9.80 Å². The number of benzene rings is 2. The van der Waals surface area contributed by atoms with Gasteiger partial charge in [-0.05, 0) is 12.1 Å². The van der Waals surface area contributed by atoms with Gasteiger partial charge in [-0.1, -0.05) is 54.6 Å². The summed E-state index contributed by atoms with van der Waals surface area (Å²) in [4.78, 5) is 35.0. The van der Waals surface area contributed by atoms with Crippen molar-refractivity contribution in [3.05, 3.63) is 83.6 Å². The van der Waals surface area contributed by atoms with Crippen molar-refractivity contribution in [2.45, 2.75) is 0 Å². The Morgan fingerprint density at radius 2 is 1.68 bits per heavy atom. The fourth-order valence-corrected chi connectivity index (χ4v) is 2.77. The molecule has 4 rings (SSSR count). The van der Waals surface area contributed by atoms with Crippen LogP contribution in [0.3, 0.4) is 0 Å². The predicted octanol–water partition coefficient (Wildman–Crippen LogP) is 3.06. The number of carbonyl (C=O) groups excluding carboxylic acids is 3. The van der Waals surface area contributed by atoms with Gasteiger partial charge in [0.15, 0.2) is 5.78 Å². The van der Waals surface area contributed by atoms with Crippen LogP contribution in [-0.4, -0.2) is 35.5 Å². The SMILES string of the molecule is O=C1CN(/N=C/c2ccc(-c3ccc(C(=O)c4ccccc4)cc3)o2)C(=O)N1. The average molecular weight is 373 g/mol. The van der Waals surface area contributed by atoms with Crippen LogP contribution in [0, 0.1) is 0 Å².